The van der Waals surface area contributed by atoms with Crippen LogP contribution in [0.25, 0.3) is 0 Å². The second-order valence-corrected chi connectivity index (χ2v) is 9.51. The van der Waals surface area contributed by atoms with Gasteiger partial charge >= 0.3 is 5.97 Å². The molecule has 1 aromatic carbocycles. The van der Waals surface area contributed by atoms with Crippen LogP contribution in [-0.4, -0.2) is 96.0 Å². The number of ether oxygens (including phenoxy) is 1. The normalized spacial score (nSPS) is 24.0. The molecule has 1 aromatic rings. The largest absolute Gasteiger partial charge is 0.465 e. The van der Waals surface area contributed by atoms with E-state index in [0.29, 0.717) is 44.7 Å². The Labute approximate surface area is 205 Å². The van der Waals surface area contributed by atoms with E-state index < -0.39 is 18.1 Å². The molecule has 9 heteroatoms. The molecule has 2 atom stereocenters. The number of aliphatic hydroxyl groups is 1. The minimum atomic E-state index is -0.660. The Morgan fingerprint density at radius 2 is 1.94 bits per heavy atom. The van der Waals surface area contributed by atoms with Crippen LogP contribution in [0.1, 0.15) is 37.8 Å². The maximum atomic E-state index is 14.7. The number of rotatable bonds is 9. The Bertz CT molecular complexity index is 979. The average molecular weight is 488 g/mol. The molecule has 2 aliphatic heterocycles. The number of carbonyl (C=O) groups is 3. The van der Waals surface area contributed by atoms with Gasteiger partial charge in [0.2, 0.25) is 5.91 Å². The van der Waals surface area contributed by atoms with Gasteiger partial charge in [0.25, 0.3) is 0 Å². The molecule has 8 nitrogen and oxygen atoms in total. The van der Waals surface area contributed by atoms with Crippen LogP contribution in [-0.2, 0) is 19.1 Å². The molecule has 3 fully saturated rings. The fourth-order valence-corrected chi connectivity index (χ4v) is 4.82. The van der Waals surface area contributed by atoms with Gasteiger partial charge in [0.15, 0.2) is 5.78 Å². The van der Waals surface area contributed by atoms with E-state index in [1.54, 1.807) is 25.1 Å². The summed E-state index contributed by atoms with van der Waals surface area (Å²) in [7, 11) is 0. The third kappa shape index (κ3) is 6.34. The van der Waals surface area contributed by atoms with Crippen LogP contribution in [0.2, 0.25) is 0 Å². The summed E-state index contributed by atoms with van der Waals surface area (Å²) in [5.41, 5.74) is 1.17. The highest BCUT2D eigenvalue weighted by Gasteiger charge is 2.41. The smallest absolute Gasteiger partial charge is 0.325 e. The zero-order valence-electron chi connectivity index (χ0n) is 20.2. The third-order valence-electron chi connectivity index (χ3n) is 6.95. The number of aliphatic hydroxyl groups excluding tert-OH is 1. The van der Waals surface area contributed by atoms with Gasteiger partial charge in [-0.05, 0) is 37.8 Å². The van der Waals surface area contributed by atoms with E-state index in [9.17, 15) is 23.9 Å². The van der Waals surface area contributed by atoms with Gasteiger partial charge < -0.3 is 14.7 Å². The lowest BCUT2D eigenvalue weighted by Gasteiger charge is -2.38. The van der Waals surface area contributed by atoms with Crippen molar-refractivity contribution in [3.63, 3.8) is 0 Å². The van der Waals surface area contributed by atoms with Crippen LogP contribution in [0.5, 0.6) is 0 Å². The molecule has 3 aliphatic rings. The van der Waals surface area contributed by atoms with Crippen LogP contribution in [0.4, 0.5) is 4.39 Å². The van der Waals surface area contributed by atoms with Gasteiger partial charge in [-0.1, -0.05) is 24.3 Å². The van der Waals surface area contributed by atoms with E-state index in [0.717, 1.165) is 18.4 Å². The minimum Gasteiger partial charge on any atom is -0.465 e. The summed E-state index contributed by atoms with van der Waals surface area (Å²) < 4.78 is 19.6. The summed E-state index contributed by atoms with van der Waals surface area (Å²) >= 11 is 0. The Balaban J connectivity index is 1.41. The molecule has 2 unspecified atom stereocenters. The van der Waals surface area contributed by atoms with E-state index in [2.05, 4.69) is 0 Å². The molecule has 35 heavy (non-hydrogen) atoms. The van der Waals surface area contributed by atoms with Crippen molar-refractivity contribution in [2.45, 2.75) is 38.3 Å². The number of piperazine rings is 1. The molecular weight excluding hydrogens is 453 g/mol. The lowest BCUT2D eigenvalue weighted by molar-refractivity contribution is -0.150. The summed E-state index contributed by atoms with van der Waals surface area (Å²) in [4.78, 5) is 42.8. The number of Topliss-reactive ketones (excluding diaryl/α,β-unsaturated/α-hetero) is 1. The van der Waals surface area contributed by atoms with Crippen LogP contribution in [0, 0.1) is 11.7 Å². The van der Waals surface area contributed by atoms with Gasteiger partial charge in [0.1, 0.15) is 12.4 Å². The van der Waals surface area contributed by atoms with E-state index in [1.165, 1.54) is 11.0 Å². The van der Waals surface area contributed by atoms with Gasteiger partial charge in [-0.25, -0.2) is 4.39 Å². The molecule has 1 saturated carbocycles. The van der Waals surface area contributed by atoms with Crippen molar-refractivity contribution < 1.29 is 28.6 Å². The van der Waals surface area contributed by atoms with Gasteiger partial charge in [-0.2, -0.15) is 0 Å². The fourth-order valence-electron chi connectivity index (χ4n) is 4.82. The van der Waals surface area contributed by atoms with Crippen LogP contribution < -0.4 is 0 Å². The molecule has 190 valence electrons. The van der Waals surface area contributed by atoms with Crippen molar-refractivity contribution in [2.75, 3.05) is 52.4 Å². The van der Waals surface area contributed by atoms with Crippen molar-refractivity contribution in [3.8, 4) is 0 Å². The zero-order chi connectivity index (χ0) is 24.9. The first-order chi connectivity index (χ1) is 16.9. The highest BCUT2D eigenvalue weighted by molar-refractivity contribution is 5.89. The number of esters is 1. The predicted octanol–water partition coefficient (Wildman–Crippen LogP) is 1.55. The van der Waals surface area contributed by atoms with Gasteiger partial charge in [-0.3, -0.25) is 24.2 Å². The van der Waals surface area contributed by atoms with Crippen LogP contribution in [0.15, 0.2) is 35.9 Å². The molecule has 0 spiro atoms. The number of benzene rings is 1. The molecule has 4 rings (SSSR count). The third-order valence-corrected chi connectivity index (χ3v) is 6.95. The Kier molecular flexibility index (Phi) is 8.30. The van der Waals surface area contributed by atoms with E-state index in [4.69, 9.17) is 4.74 Å². The molecule has 2 heterocycles. The summed E-state index contributed by atoms with van der Waals surface area (Å²) in [5.74, 6) is -0.900. The molecule has 1 amide bonds. The predicted molar refractivity (Wildman–Crippen MR) is 127 cm³/mol. The van der Waals surface area contributed by atoms with E-state index in [-0.39, 0.29) is 43.1 Å². The topological polar surface area (TPSA) is 90.4 Å². The maximum Gasteiger partial charge on any atom is 0.325 e. The Morgan fingerprint density at radius 1 is 1.17 bits per heavy atom. The van der Waals surface area contributed by atoms with Gasteiger partial charge in [-0.15, -0.1) is 0 Å². The number of hydrogen-bond donors (Lipinski definition) is 1. The number of amides is 1. The summed E-state index contributed by atoms with van der Waals surface area (Å²) in [6.07, 6.45) is 3.44. The number of hydrogen-bond acceptors (Lipinski definition) is 7. The number of ketones is 1. The number of likely N-dealkylation sites (tertiary alicyclic amines) is 1. The highest BCUT2D eigenvalue weighted by atomic mass is 19.1. The standard InChI is InChI=1S/C26H34FN3O5/c1-2-35-24(33)17-29-14-13-28(16-23(29)32)11-9-19-15-30(12-10-22(19)31)25(26(34)18-7-8-18)20-5-3-4-6-21(20)27/h3-6,9,18,22,25,31H,2,7-8,10-17H2,1H3/b19-9+. The summed E-state index contributed by atoms with van der Waals surface area (Å²) in [6, 6.07) is 5.77. The monoisotopic (exact) mass is 487 g/mol. The van der Waals surface area contributed by atoms with Crippen LogP contribution in [0.3, 0.4) is 0 Å². The highest BCUT2D eigenvalue weighted by Crippen LogP contribution is 2.39. The van der Waals surface area contributed by atoms with Crippen LogP contribution >= 0.6 is 0 Å². The SMILES string of the molecule is CCOC(=O)CN1CCN(C/C=C2\CN(C(C(=O)C3CC3)c3ccccc3F)CCC2O)CC1=O. The van der Waals surface area contributed by atoms with Crippen molar-refractivity contribution in [2.24, 2.45) is 5.92 Å². The lowest BCUT2D eigenvalue weighted by Crippen LogP contribution is -2.52. The van der Waals surface area contributed by atoms with Crippen molar-refractivity contribution in [1.82, 2.24) is 14.7 Å². The van der Waals surface area contributed by atoms with Crippen molar-refractivity contribution in [1.29, 1.82) is 0 Å². The molecule has 0 aromatic heterocycles. The molecule has 2 saturated heterocycles. The van der Waals surface area contributed by atoms with Gasteiger partial charge in [0.05, 0.1) is 25.3 Å². The quantitative estimate of drug-likeness (QED) is 0.418. The number of carbonyl (C=O) groups excluding carboxylic acids is 3. The number of halogens is 1. The average Bonchev–Trinajstić information content (AvgIpc) is 3.68. The first kappa shape index (κ1) is 25.5. The number of piperidine rings is 1. The fraction of sp³-hybridized carbons (Fsp3) is 0.577. The first-order valence-electron chi connectivity index (χ1n) is 12.4. The second kappa shape index (κ2) is 11.4. The molecule has 1 N–H and O–H groups in total. The van der Waals surface area contributed by atoms with E-state index >= 15 is 0 Å². The zero-order valence-corrected chi connectivity index (χ0v) is 20.2. The molecule has 1 aliphatic carbocycles. The second-order valence-electron chi connectivity index (χ2n) is 9.51. The van der Waals surface area contributed by atoms with Crippen molar-refractivity contribution in [3.05, 3.63) is 47.3 Å². The first-order valence-corrected chi connectivity index (χ1v) is 12.4. The van der Waals surface area contributed by atoms with Crippen molar-refractivity contribution >= 4 is 17.7 Å². The van der Waals surface area contributed by atoms with E-state index in [1.807, 2.05) is 15.9 Å². The minimum absolute atomic E-state index is 0.0178. The summed E-state index contributed by atoms with van der Waals surface area (Å²) in [6.45, 7) is 4.53. The van der Waals surface area contributed by atoms with Gasteiger partial charge in [0, 0.05) is 44.2 Å². The maximum absolute atomic E-state index is 14.7. The lowest BCUT2D eigenvalue weighted by atomic mass is 9.92. The molecular formula is C26H34FN3O5. The Hall–Kier alpha value is -2.62. The Morgan fingerprint density at radius 3 is 2.63 bits per heavy atom. The summed E-state index contributed by atoms with van der Waals surface area (Å²) in [5, 5.41) is 10.6. The molecule has 0 radical (unpaired) electrons. The molecule has 0 bridgehead atoms. The number of nitrogens with zero attached hydrogens (tertiary/aromatic N) is 3.